The Balaban J connectivity index is 1.94. The van der Waals surface area contributed by atoms with Crippen molar-refractivity contribution in [2.45, 2.75) is 12.8 Å². The highest BCUT2D eigenvalue weighted by molar-refractivity contribution is 5.76. The summed E-state index contributed by atoms with van der Waals surface area (Å²) in [5.74, 6) is 0.841. The molecular formula is C12H19NO4. The van der Waals surface area contributed by atoms with Crippen LogP contribution in [0.3, 0.4) is 0 Å². The lowest BCUT2D eigenvalue weighted by atomic mass is 10.2. The van der Waals surface area contributed by atoms with E-state index in [2.05, 4.69) is 5.32 Å². The molecule has 0 fully saturated rings. The average Bonchev–Trinajstić information content (AvgIpc) is 2.84. The van der Waals surface area contributed by atoms with Gasteiger partial charge in [0.15, 0.2) is 0 Å². The van der Waals surface area contributed by atoms with E-state index in [-0.39, 0.29) is 5.91 Å². The van der Waals surface area contributed by atoms with E-state index in [1.165, 1.54) is 0 Å². The zero-order chi connectivity index (χ0) is 12.3. The van der Waals surface area contributed by atoms with Crippen LogP contribution in [0.2, 0.25) is 0 Å². The molecule has 0 aliphatic carbocycles. The highest BCUT2D eigenvalue weighted by atomic mass is 16.5. The van der Waals surface area contributed by atoms with Gasteiger partial charge in [-0.05, 0) is 12.1 Å². The van der Waals surface area contributed by atoms with Gasteiger partial charge in [-0.1, -0.05) is 0 Å². The van der Waals surface area contributed by atoms with E-state index in [0.717, 1.165) is 5.76 Å². The van der Waals surface area contributed by atoms with Gasteiger partial charge in [0, 0.05) is 26.5 Å². The average molecular weight is 241 g/mol. The van der Waals surface area contributed by atoms with E-state index < -0.39 is 0 Å². The van der Waals surface area contributed by atoms with Gasteiger partial charge >= 0.3 is 0 Å². The van der Waals surface area contributed by atoms with Crippen molar-refractivity contribution in [3.8, 4) is 0 Å². The summed E-state index contributed by atoms with van der Waals surface area (Å²) in [5, 5.41) is 2.78. The molecule has 1 heterocycles. The maximum Gasteiger partial charge on any atom is 0.220 e. The smallest absolute Gasteiger partial charge is 0.220 e. The molecular weight excluding hydrogens is 222 g/mol. The predicted octanol–water partition coefficient (Wildman–Crippen LogP) is 0.991. The molecule has 0 unspecified atom stereocenters. The van der Waals surface area contributed by atoms with Gasteiger partial charge in [-0.2, -0.15) is 0 Å². The zero-order valence-corrected chi connectivity index (χ0v) is 10.1. The number of carbonyl (C=O) groups is 1. The summed E-state index contributed by atoms with van der Waals surface area (Å²) in [6, 6.07) is 3.68. The molecule has 1 rings (SSSR count). The quantitative estimate of drug-likeness (QED) is 0.655. The third kappa shape index (κ3) is 6.76. The second-order valence-corrected chi connectivity index (χ2v) is 3.53. The summed E-state index contributed by atoms with van der Waals surface area (Å²) in [6.07, 6.45) is 2.67. The second-order valence-electron chi connectivity index (χ2n) is 3.53. The van der Waals surface area contributed by atoms with Gasteiger partial charge in [0.25, 0.3) is 0 Å². The first-order chi connectivity index (χ1) is 8.33. The summed E-state index contributed by atoms with van der Waals surface area (Å²) in [5.41, 5.74) is 0. The fourth-order valence-corrected chi connectivity index (χ4v) is 1.29. The van der Waals surface area contributed by atoms with Gasteiger partial charge in [0.05, 0.1) is 26.1 Å². The molecule has 0 radical (unpaired) electrons. The lowest BCUT2D eigenvalue weighted by Crippen LogP contribution is -2.27. The molecule has 0 aromatic carbocycles. The van der Waals surface area contributed by atoms with E-state index in [4.69, 9.17) is 13.9 Å². The molecule has 0 saturated heterocycles. The first kappa shape index (κ1) is 13.7. The highest BCUT2D eigenvalue weighted by Crippen LogP contribution is 2.02. The number of furan rings is 1. The van der Waals surface area contributed by atoms with Crippen LogP contribution in [0.1, 0.15) is 12.2 Å². The molecule has 0 aliphatic heterocycles. The maximum absolute atomic E-state index is 11.4. The third-order valence-corrected chi connectivity index (χ3v) is 2.18. The first-order valence-corrected chi connectivity index (χ1v) is 5.68. The minimum Gasteiger partial charge on any atom is -0.469 e. The number of ether oxygens (including phenoxy) is 2. The maximum atomic E-state index is 11.4. The fraction of sp³-hybridized carbons (Fsp3) is 0.583. The van der Waals surface area contributed by atoms with Crippen LogP contribution in [0.15, 0.2) is 22.8 Å². The lowest BCUT2D eigenvalue weighted by molar-refractivity contribution is -0.121. The monoisotopic (exact) mass is 241 g/mol. The van der Waals surface area contributed by atoms with Crippen molar-refractivity contribution in [1.29, 1.82) is 0 Å². The molecule has 0 aliphatic rings. The lowest BCUT2D eigenvalue weighted by Gasteiger charge is -2.05. The number of hydrogen-bond donors (Lipinski definition) is 1. The van der Waals surface area contributed by atoms with Crippen LogP contribution in [-0.4, -0.2) is 39.4 Å². The molecule has 96 valence electrons. The Morgan fingerprint density at radius 2 is 2.29 bits per heavy atom. The van der Waals surface area contributed by atoms with E-state index >= 15 is 0 Å². The fourth-order valence-electron chi connectivity index (χ4n) is 1.29. The number of aryl methyl sites for hydroxylation is 1. The largest absolute Gasteiger partial charge is 0.469 e. The molecule has 1 aromatic rings. The second kappa shape index (κ2) is 8.78. The summed E-state index contributed by atoms with van der Waals surface area (Å²) in [7, 11) is 1.62. The van der Waals surface area contributed by atoms with Gasteiger partial charge in [-0.25, -0.2) is 0 Å². The summed E-state index contributed by atoms with van der Waals surface area (Å²) < 4.78 is 15.2. The van der Waals surface area contributed by atoms with Crippen molar-refractivity contribution in [3.63, 3.8) is 0 Å². The van der Waals surface area contributed by atoms with E-state index in [0.29, 0.717) is 39.2 Å². The number of amides is 1. The Morgan fingerprint density at radius 1 is 1.41 bits per heavy atom. The van der Waals surface area contributed by atoms with Gasteiger partial charge in [0.1, 0.15) is 5.76 Å². The number of rotatable bonds is 9. The Morgan fingerprint density at radius 3 is 3.00 bits per heavy atom. The van der Waals surface area contributed by atoms with Crippen molar-refractivity contribution < 1.29 is 18.7 Å². The van der Waals surface area contributed by atoms with Crippen LogP contribution < -0.4 is 5.32 Å². The SMILES string of the molecule is COCCOCCNC(=O)CCc1ccco1. The van der Waals surface area contributed by atoms with E-state index in [9.17, 15) is 4.79 Å². The molecule has 5 heteroatoms. The number of methoxy groups -OCH3 is 1. The van der Waals surface area contributed by atoms with Gasteiger partial charge in [-0.3, -0.25) is 4.79 Å². The Labute approximate surface area is 101 Å². The van der Waals surface area contributed by atoms with Gasteiger partial charge in [-0.15, -0.1) is 0 Å². The minimum absolute atomic E-state index is 0.0109. The van der Waals surface area contributed by atoms with E-state index in [1.54, 1.807) is 13.4 Å². The molecule has 0 bridgehead atoms. The first-order valence-electron chi connectivity index (χ1n) is 5.68. The van der Waals surface area contributed by atoms with Crippen molar-refractivity contribution in [2.75, 3.05) is 33.5 Å². The standard InChI is InChI=1S/C12H19NO4/c1-15-9-10-16-8-6-13-12(14)5-4-11-3-2-7-17-11/h2-3,7H,4-6,8-10H2,1H3,(H,13,14). The Kier molecular flexibility index (Phi) is 7.09. The molecule has 0 atom stereocenters. The van der Waals surface area contributed by atoms with Crippen LogP contribution in [0.25, 0.3) is 0 Å². The van der Waals surface area contributed by atoms with Crippen LogP contribution in [0.4, 0.5) is 0 Å². The topological polar surface area (TPSA) is 60.7 Å². The number of nitrogens with one attached hydrogen (secondary N) is 1. The third-order valence-electron chi connectivity index (χ3n) is 2.18. The van der Waals surface area contributed by atoms with Crippen molar-refractivity contribution in [3.05, 3.63) is 24.2 Å². The Hall–Kier alpha value is -1.33. The summed E-state index contributed by atoms with van der Waals surface area (Å²) in [4.78, 5) is 11.4. The van der Waals surface area contributed by atoms with E-state index in [1.807, 2.05) is 12.1 Å². The molecule has 5 nitrogen and oxygen atoms in total. The molecule has 1 aromatic heterocycles. The Bertz CT molecular complexity index is 297. The van der Waals surface area contributed by atoms with Gasteiger partial charge in [0.2, 0.25) is 5.91 Å². The minimum atomic E-state index is 0.0109. The molecule has 0 spiro atoms. The van der Waals surface area contributed by atoms with Crippen molar-refractivity contribution >= 4 is 5.91 Å². The van der Waals surface area contributed by atoms with Crippen LogP contribution in [0.5, 0.6) is 0 Å². The van der Waals surface area contributed by atoms with Crippen molar-refractivity contribution in [1.82, 2.24) is 5.32 Å². The molecule has 17 heavy (non-hydrogen) atoms. The van der Waals surface area contributed by atoms with Crippen LogP contribution in [0, 0.1) is 0 Å². The number of carbonyl (C=O) groups excluding carboxylic acids is 1. The highest BCUT2D eigenvalue weighted by Gasteiger charge is 2.02. The molecule has 0 saturated carbocycles. The molecule has 1 amide bonds. The summed E-state index contributed by atoms with van der Waals surface area (Å²) >= 11 is 0. The van der Waals surface area contributed by atoms with Gasteiger partial charge < -0.3 is 19.2 Å². The normalized spacial score (nSPS) is 10.4. The molecule has 1 N–H and O–H groups in total. The van der Waals surface area contributed by atoms with Crippen molar-refractivity contribution in [2.24, 2.45) is 0 Å². The zero-order valence-electron chi connectivity index (χ0n) is 10.1. The van der Waals surface area contributed by atoms with Crippen LogP contribution >= 0.6 is 0 Å². The van der Waals surface area contributed by atoms with Crippen LogP contribution in [-0.2, 0) is 20.7 Å². The summed E-state index contributed by atoms with van der Waals surface area (Å²) in [6.45, 7) is 2.17. The number of hydrogen-bond acceptors (Lipinski definition) is 4. The predicted molar refractivity (Wildman–Crippen MR) is 62.7 cm³/mol.